The van der Waals surface area contributed by atoms with Crippen LogP contribution in [-0.4, -0.2) is 46.6 Å². The van der Waals surface area contributed by atoms with E-state index in [9.17, 15) is 19.2 Å². The van der Waals surface area contributed by atoms with E-state index in [4.69, 9.17) is 9.47 Å². The lowest BCUT2D eigenvalue weighted by molar-refractivity contribution is -0.116. The summed E-state index contributed by atoms with van der Waals surface area (Å²) in [6.45, 7) is 7.57. The van der Waals surface area contributed by atoms with Crippen molar-refractivity contribution in [1.82, 2.24) is 15.1 Å². The van der Waals surface area contributed by atoms with Crippen molar-refractivity contribution in [3.05, 3.63) is 76.6 Å². The molecular weight excluding hydrogens is 502 g/mol. The Morgan fingerprint density at radius 2 is 1.64 bits per heavy atom. The van der Waals surface area contributed by atoms with Crippen LogP contribution in [0.1, 0.15) is 39.7 Å². The molecule has 0 saturated heterocycles. The highest BCUT2D eigenvalue weighted by atomic mass is 16.6. The Kier molecular flexibility index (Phi) is 9.80. The molecule has 206 valence electrons. The number of amides is 3. The number of aromatic nitrogens is 2. The summed E-state index contributed by atoms with van der Waals surface area (Å²) >= 11 is 0. The van der Waals surface area contributed by atoms with Crippen LogP contribution < -0.4 is 21.5 Å². The summed E-state index contributed by atoms with van der Waals surface area (Å²) in [6.07, 6.45) is -1.07. The second-order valence-electron chi connectivity index (χ2n) is 9.57. The highest BCUT2D eigenvalue weighted by Gasteiger charge is 2.16. The number of alkyl carbamates (subject to hydrolysis) is 1. The van der Waals surface area contributed by atoms with Crippen molar-refractivity contribution in [2.75, 3.05) is 23.8 Å². The fraction of sp³-hybridized carbons (Fsp3) is 0.321. The molecule has 0 atom stereocenters. The summed E-state index contributed by atoms with van der Waals surface area (Å²) in [5.74, 6) is -0.280. The molecule has 0 bridgehead atoms. The zero-order valence-electron chi connectivity index (χ0n) is 22.4. The summed E-state index contributed by atoms with van der Waals surface area (Å²) in [4.78, 5) is 48.3. The van der Waals surface area contributed by atoms with Crippen molar-refractivity contribution in [2.45, 2.75) is 46.3 Å². The molecule has 3 amide bonds. The molecule has 0 aliphatic carbocycles. The number of ether oxygens (including phenoxy) is 2. The Bertz CT molecular complexity index is 1380. The predicted molar refractivity (Wildman–Crippen MR) is 148 cm³/mol. The number of carbonyl (C=O) groups excluding carboxylic acids is 3. The predicted octanol–water partition coefficient (Wildman–Crippen LogP) is 4.38. The molecule has 0 fully saturated rings. The van der Waals surface area contributed by atoms with Crippen molar-refractivity contribution in [3.8, 4) is 11.3 Å². The number of nitrogens with zero attached hydrogens (tertiary/aromatic N) is 2. The monoisotopic (exact) mass is 535 g/mol. The van der Waals surface area contributed by atoms with Crippen LogP contribution in [0.4, 0.5) is 21.0 Å². The first-order chi connectivity index (χ1) is 18.5. The molecular formula is C28H33N5O6. The summed E-state index contributed by atoms with van der Waals surface area (Å²) < 4.78 is 11.4. The van der Waals surface area contributed by atoms with E-state index in [2.05, 4.69) is 21.0 Å². The standard InChI is InChI=1S/C28H33N5O6/c1-5-38-27(37)31-21-10-6-8-19(16-21)18-33-25(35)13-12-23(32-33)20-9-7-11-22(17-20)30-24(34)14-15-29-26(36)39-28(2,3)4/h6-13,16-17H,5,14-15,18H2,1-4H3,(H,29,36)(H,30,34)(H,31,37). The molecule has 1 heterocycles. The second kappa shape index (κ2) is 13.2. The molecule has 0 radical (unpaired) electrons. The van der Waals surface area contributed by atoms with Gasteiger partial charge in [-0.1, -0.05) is 24.3 Å². The maximum atomic E-state index is 12.5. The van der Waals surface area contributed by atoms with Crippen LogP contribution >= 0.6 is 0 Å². The summed E-state index contributed by atoms with van der Waals surface area (Å²) in [7, 11) is 0. The lowest BCUT2D eigenvalue weighted by atomic mass is 10.1. The number of rotatable bonds is 9. The molecule has 0 aliphatic heterocycles. The van der Waals surface area contributed by atoms with Gasteiger partial charge in [0.25, 0.3) is 5.56 Å². The molecule has 39 heavy (non-hydrogen) atoms. The van der Waals surface area contributed by atoms with E-state index in [0.29, 0.717) is 22.6 Å². The minimum atomic E-state index is -0.616. The van der Waals surface area contributed by atoms with Gasteiger partial charge in [0.2, 0.25) is 5.91 Å². The molecule has 11 heteroatoms. The third-order valence-corrected chi connectivity index (χ3v) is 5.11. The largest absolute Gasteiger partial charge is 0.450 e. The van der Waals surface area contributed by atoms with Gasteiger partial charge in [-0.25, -0.2) is 14.3 Å². The van der Waals surface area contributed by atoms with Crippen molar-refractivity contribution in [1.29, 1.82) is 0 Å². The lowest BCUT2D eigenvalue weighted by Crippen LogP contribution is -2.34. The number of carbonyl (C=O) groups is 3. The maximum Gasteiger partial charge on any atom is 0.411 e. The van der Waals surface area contributed by atoms with Crippen LogP contribution in [0.5, 0.6) is 0 Å². The summed E-state index contributed by atoms with van der Waals surface area (Å²) in [5.41, 5.74) is 2.19. The zero-order chi connectivity index (χ0) is 28.4. The van der Waals surface area contributed by atoms with Crippen LogP contribution in [0.15, 0.2) is 65.5 Å². The van der Waals surface area contributed by atoms with Gasteiger partial charge in [-0.2, -0.15) is 5.10 Å². The third-order valence-electron chi connectivity index (χ3n) is 5.11. The second-order valence-corrected chi connectivity index (χ2v) is 9.57. The summed E-state index contributed by atoms with van der Waals surface area (Å²) in [5, 5.41) is 12.5. The molecule has 1 aromatic heterocycles. The molecule has 3 rings (SSSR count). The van der Waals surface area contributed by atoms with Crippen LogP contribution in [0.3, 0.4) is 0 Å². The fourth-order valence-electron chi connectivity index (χ4n) is 3.49. The minimum Gasteiger partial charge on any atom is -0.450 e. The highest BCUT2D eigenvalue weighted by molar-refractivity contribution is 5.91. The average molecular weight is 536 g/mol. The summed E-state index contributed by atoms with van der Waals surface area (Å²) in [6, 6.07) is 17.2. The molecule has 0 unspecified atom stereocenters. The Labute approximate surface area is 226 Å². The van der Waals surface area contributed by atoms with Crippen molar-refractivity contribution >= 4 is 29.5 Å². The Balaban J connectivity index is 1.65. The van der Waals surface area contributed by atoms with Crippen LogP contribution in [0.2, 0.25) is 0 Å². The molecule has 0 aliphatic rings. The van der Waals surface area contributed by atoms with Gasteiger partial charge < -0.3 is 20.1 Å². The topological polar surface area (TPSA) is 141 Å². The van der Waals surface area contributed by atoms with E-state index < -0.39 is 17.8 Å². The smallest absolute Gasteiger partial charge is 0.411 e. The van der Waals surface area contributed by atoms with Crippen molar-refractivity contribution in [2.24, 2.45) is 0 Å². The molecule has 2 aromatic carbocycles. The van der Waals surface area contributed by atoms with E-state index in [1.54, 1.807) is 70.2 Å². The molecule has 3 N–H and O–H groups in total. The van der Waals surface area contributed by atoms with Gasteiger partial charge in [-0.15, -0.1) is 0 Å². The quantitative estimate of drug-likeness (QED) is 0.369. The third kappa shape index (κ3) is 9.62. The number of anilines is 2. The van der Waals surface area contributed by atoms with Gasteiger partial charge in [-0.3, -0.25) is 14.9 Å². The van der Waals surface area contributed by atoms with Gasteiger partial charge in [0.1, 0.15) is 5.60 Å². The van der Waals surface area contributed by atoms with Gasteiger partial charge >= 0.3 is 12.2 Å². The maximum absolute atomic E-state index is 12.5. The number of nitrogens with one attached hydrogen (secondary N) is 3. The van der Waals surface area contributed by atoms with Gasteiger partial charge in [0, 0.05) is 36.0 Å². The van der Waals surface area contributed by atoms with E-state index in [0.717, 1.165) is 5.56 Å². The zero-order valence-corrected chi connectivity index (χ0v) is 22.4. The fourth-order valence-corrected chi connectivity index (χ4v) is 3.49. The first-order valence-corrected chi connectivity index (χ1v) is 12.5. The highest BCUT2D eigenvalue weighted by Crippen LogP contribution is 2.20. The van der Waals surface area contributed by atoms with E-state index in [1.807, 2.05) is 12.1 Å². The Morgan fingerprint density at radius 3 is 2.36 bits per heavy atom. The van der Waals surface area contributed by atoms with Crippen molar-refractivity contribution in [3.63, 3.8) is 0 Å². The van der Waals surface area contributed by atoms with Crippen LogP contribution in [-0.2, 0) is 20.8 Å². The average Bonchev–Trinajstić information content (AvgIpc) is 2.85. The van der Waals surface area contributed by atoms with Crippen molar-refractivity contribution < 1.29 is 23.9 Å². The SMILES string of the molecule is CCOC(=O)Nc1cccc(Cn2nc(-c3cccc(NC(=O)CCNC(=O)OC(C)(C)C)c3)ccc2=O)c1. The first-order valence-electron chi connectivity index (χ1n) is 12.5. The van der Waals surface area contributed by atoms with Crippen LogP contribution in [0, 0.1) is 0 Å². The van der Waals surface area contributed by atoms with Gasteiger partial charge in [0.15, 0.2) is 0 Å². The normalized spacial score (nSPS) is 10.9. The van der Waals surface area contributed by atoms with Gasteiger partial charge in [0.05, 0.1) is 18.8 Å². The van der Waals surface area contributed by atoms with E-state index in [-0.39, 0.29) is 37.6 Å². The lowest BCUT2D eigenvalue weighted by Gasteiger charge is -2.19. The number of hydrogen-bond acceptors (Lipinski definition) is 7. The molecule has 3 aromatic rings. The molecule has 0 spiro atoms. The van der Waals surface area contributed by atoms with E-state index >= 15 is 0 Å². The van der Waals surface area contributed by atoms with Crippen LogP contribution in [0.25, 0.3) is 11.3 Å². The van der Waals surface area contributed by atoms with Gasteiger partial charge in [-0.05, 0) is 63.6 Å². The first kappa shape index (κ1) is 28.9. The molecule has 0 saturated carbocycles. The number of benzene rings is 2. The Morgan fingerprint density at radius 1 is 0.923 bits per heavy atom. The molecule has 11 nitrogen and oxygen atoms in total. The van der Waals surface area contributed by atoms with E-state index in [1.165, 1.54) is 10.7 Å². The number of hydrogen-bond donors (Lipinski definition) is 3. The minimum absolute atomic E-state index is 0.0662. The Hall–Kier alpha value is -4.67.